The van der Waals surface area contributed by atoms with E-state index in [0.29, 0.717) is 12.1 Å². The van der Waals surface area contributed by atoms with Crippen molar-refractivity contribution in [3.63, 3.8) is 0 Å². The minimum atomic E-state index is -0.295. The van der Waals surface area contributed by atoms with E-state index in [1.54, 1.807) is 0 Å². The fourth-order valence-electron chi connectivity index (χ4n) is 2.32. The van der Waals surface area contributed by atoms with Crippen LogP contribution in [0.1, 0.15) is 43.1 Å². The van der Waals surface area contributed by atoms with Gasteiger partial charge in [0.05, 0.1) is 12.7 Å². The van der Waals surface area contributed by atoms with Gasteiger partial charge in [-0.15, -0.1) is 0 Å². The molecule has 1 aromatic rings. The zero-order valence-corrected chi connectivity index (χ0v) is 13.7. The monoisotopic (exact) mass is 292 g/mol. The average molecular weight is 292 g/mol. The summed E-state index contributed by atoms with van der Waals surface area (Å²) in [5.74, 6) is -0.295. The van der Waals surface area contributed by atoms with Gasteiger partial charge in [-0.1, -0.05) is 32.9 Å². The molecule has 1 aromatic carbocycles. The number of esters is 1. The molecule has 0 saturated heterocycles. The van der Waals surface area contributed by atoms with E-state index in [9.17, 15) is 4.79 Å². The van der Waals surface area contributed by atoms with Gasteiger partial charge in [0.2, 0.25) is 0 Å². The quantitative estimate of drug-likeness (QED) is 0.748. The SMILES string of the molecule is CCCN(Cc1ccc(C(=O)OC)cc1)CC(C)(C)CN. The summed E-state index contributed by atoms with van der Waals surface area (Å²) in [6, 6.07) is 7.62. The Morgan fingerprint density at radius 3 is 2.38 bits per heavy atom. The molecule has 0 saturated carbocycles. The van der Waals surface area contributed by atoms with Crippen molar-refractivity contribution in [2.24, 2.45) is 11.1 Å². The fourth-order valence-corrected chi connectivity index (χ4v) is 2.32. The number of nitrogens with zero attached hydrogens (tertiary/aromatic N) is 1. The highest BCUT2D eigenvalue weighted by atomic mass is 16.5. The molecule has 0 bridgehead atoms. The Bertz CT molecular complexity index is 441. The van der Waals surface area contributed by atoms with Crippen molar-refractivity contribution >= 4 is 5.97 Å². The maximum Gasteiger partial charge on any atom is 0.337 e. The molecule has 4 nitrogen and oxygen atoms in total. The summed E-state index contributed by atoms with van der Waals surface area (Å²) < 4.78 is 4.71. The maximum absolute atomic E-state index is 11.4. The van der Waals surface area contributed by atoms with Crippen molar-refractivity contribution in [1.29, 1.82) is 0 Å². The van der Waals surface area contributed by atoms with Crippen LogP contribution in [0.25, 0.3) is 0 Å². The van der Waals surface area contributed by atoms with Crippen LogP contribution >= 0.6 is 0 Å². The van der Waals surface area contributed by atoms with Gasteiger partial charge in [-0.05, 0) is 42.6 Å². The Kier molecular flexibility index (Phi) is 6.85. The highest BCUT2D eigenvalue weighted by Gasteiger charge is 2.20. The molecule has 0 amide bonds. The van der Waals surface area contributed by atoms with Crippen LogP contribution in [-0.4, -0.2) is 37.6 Å². The van der Waals surface area contributed by atoms with Crippen LogP contribution in [0.2, 0.25) is 0 Å². The van der Waals surface area contributed by atoms with Crippen molar-refractivity contribution in [2.75, 3.05) is 26.7 Å². The second-order valence-corrected chi connectivity index (χ2v) is 6.27. The zero-order valence-electron chi connectivity index (χ0n) is 13.7. The number of nitrogens with two attached hydrogens (primary N) is 1. The molecule has 21 heavy (non-hydrogen) atoms. The number of hydrogen-bond donors (Lipinski definition) is 1. The zero-order chi connectivity index (χ0) is 15.9. The van der Waals surface area contributed by atoms with Gasteiger partial charge in [0.1, 0.15) is 0 Å². The largest absolute Gasteiger partial charge is 0.465 e. The van der Waals surface area contributed by atoms with E-state index in [1.165, 1.54) is 12.7 Å². The lowest BCUT2D eigenvalue weighted by Crippen LogP contribution is -2.38. The molecule has 0 aromatic heterocycles. The van der Waals surface area contributed by atoms with Gasteiger partial charge in [0, 0.05) is 13.1 Å². The van der Waals surface area contributed by atoms with Crippen LogP contribution < -0.4 is 5.73 Å². The van der Waals surface area contributed by atoms with E-state index in [4.69, 9.17) is 10.5 Å². The summed E-state index contributed by atoms with van der Waals surface area (Å²) in [5.41, 5.74) is 7.73. The molecule has 0 unspecified atom stereocenters. The van der Waals surface area contributed by atoms with Gasteiger partial charge in [0.15, 0.2) is 0 Å². The number of rotatable bonds is 8. The van der Waals surface area contributed by atoms with Crippen molar-refractivity contribution in [3.8, 4) is 0 Å². The number of benzene rings is 1. The Hall–Kier alpha value is -1.39. The smallest absolute Gasteiger partial charge is 0.337 e. The lowest BCUT2D eigenvalue weighted by Gasteiger charge is -2.31. The lowest BCUT2D eigenvalue weighted by atomic mass is 9.93. The number of carbonyl (C=O) groups excluding carboxylic acids is 1. The van der Waals surface area contributed by atoms with E-state index in [0.717, 1.165) is 26.1 Å². The van der Waals surface area contributed by atoms with E-state index < -0.39 is 0 Å². The minimum absolute atomic E-state index is 0.112. The first kappa shape index (κ1) is 17.7. The van der Waals surface area contributed by atoms with E-state index in [2.05, 4.69) is 25.7 Å². The van der Waals surface area contributed by atoms with Crippen LogP contribution in [0.3, 0.4) is 0 Å². The second kappa shape index (κ2) is 8.15. The fraction of sp³-hybridized carbons (Fsp3) is 0.588. The van der Waals surface area contributed by atoms with E-state index >= 15 is 0 Å². The average Bonchev–Trinajstić information content (AvgIpc) is 2.47. The summed E-state index contributed by atoms with van der Waals surface area (Å²) in [7, 11) is 1.40. The molecule has 0 spiro atoms. The predicted octanol–water partition coefficient (Wildman–Crippen LogP) is 2.67. The molecule has 0 atom stereocenters. The highest BCUT2D eigenvalue weighted by molar-refractivity contribution is 5.89. The Labute approximate surface area is 128 Å². The van der Waals surface area contributed by atoms with Crippen molar-refractivity contribution in [3.05, 3.63) is 35.4 Å². The van der Waals surface area contributed by atoms with Gasteiger partial charge >= 0.3 is 5.97 Å². The maximum atomic E-state index is 11.4. The van der Waals surface area contributed by atoms with Gasteiger partial charge in [-0.3, -0.25) is 4.90 Å². The van der Waals surface area contributed by atoms with Gasteiger partial charge in [0.25, 0.3) is 0 Å². The van der Waals surface area contributed by atoms with Crippen LogP contribution in [0.4, 0.5) is 0 Å². The van der Waals surface area contributed by atoms with Crippen molar-refractivity contribution in [1.82, 2.24) is 4.90 Å². The van der Waals surface area contributed by atoms with Crippen molar-refractivity contribution < 1.29 is 9.53 Å². The first-order valence-corrected chi connectivity index (χ1v) is 7.51. The Morgan fingerprint density at radius 1 is 1.29 bits per heavy atom. The third-order valence-electron chi connectivity index (χ3n) is 3.53. The van der Waals surface area contributed by atoms with Crippen LogP contribution in [0.5, 0.6) is 0 Å². The molecule has 0 aliphatic carbocycles. The van der Waals surface area contributed by atoms with Gasteiger partial charge < -0.3 is 10.5 Å². The van der Waals surface area contributed by atoms with Crippen molar-refractivity contribution in [2.45, 2.75) is 33.7 Å². The molecular weight excluding hydrogens is 264 g/mol. The third kappa shape index (κ3) is 5.86. The number of methoxy groups -OCH3 is 1. The molecule has 0 aliphatic rings. The molecule has 0 aliphatic heterocycles. The van der Waals surface area contributed by atoms with E-state index in [1.807, 2.05) is 24.3 Å². The summed E-state index contributed by atoms with van der Waals surface area (Å²) in [6.45, 7) is 10.1. The lowest BCUT2D eigenvalue weighted by molar-refractivity contribution is 0.0600. The summed E-state index contributed by atoms with van der Waals surface area (Å²) in [4.78, 5) is 13.8. The number of carbonyl (C=O) groups is 1. The normalized spacial score (nSPS) is 11.7. The molecular formula is C17H28N2O2. The van der Waals surface area contributed by atoms with Crippen LogP contribution in [0, 0.1) is 5.41 Å². The molecule has 0 fully saturated rings. The highest BCUT2D eigenvalue weighted by Crippen LogP contribution is 2.17. The minimum Gasteiger partial charge on any atom is -0.465 e. The number of ether oxygens (including phenoxy) is 1. The summed E-state index contributed by atoms with van der Waals surface area (Å²) in [5, 5.41) is 0. The summed E-state index contributed by atoms with van der Waals surface area (Å²) >= 11 is 0. The van der Waals surface area contributed by atoms with E-state index in [-0.39, 0.29) is 11.4 Å². The number of hydrogen-bond acceptors (Lipinski definition) is 4. The molecule has 0 heterocycles. The molecule has 118 valence electrons. The second-order valence-electron chi connectivity index (χ2n) is 6.27. The molecule has 4 heteroatoms. The molecule has 1 rings (SSSR count). The standard InChI is InChI=1S/C17H28N2O2/c1-5-10-19(13-17(2,3)12-18)11-14-6-8-15(9-7-14)16(20)21-4/h6-9H,5,10-13,18H2,1-4H3. The van der Waals surface area contributed by atoms with Gasteiger partial charge in [-0.25, -0.2) is 4.79 Å². The Morgan fingerprint density at radius 2 is 1.90 bits per heavy atom. The van der Waals surface area contributed by atoms with Crippen LogP contribution in [0.15, 0.2) is 24.3 Å². The molecule has 0 radical (unpaired) electrons. The Balaban J connectivity index is 2.72. The third-order valence-corrected chi connectivity index (χ3v) is 3.53. The first-order chi connectivity index (χ1) is 9.91. The topological polar surface area (TPSA) is 55.6 Å². The summed E-state index contributed by atoms with van der Waals surface area (Å²) in [6.07, 6.45) is 1.11. The van der Waals surface area contributed by atoms with Gasteiger partial charge in [-0.2, -0.15) is 0 Å². The van der Waals surface area contributed by atoms with Crippen LogP contribution in [-0.2, 0) is 11.3 Å². The predicted molar refractivity (Wildman–Crippen MR) is 86.2 cm³/mol. The first-order valence-electron chi connectivity index (χ1n) is 7.51. The molecule has 2 N–H and O–H groups in total.